The molecule has 5 fully saturated rings. The highest BCUT2D eigenvalue weighted by atomic mass is 16.6. The van der Waals surface area contributed by atoms with Gasteiger partial charge in [-0.2, -0.15) is 0 Å². The highest BCUT2D eigenvalue weighted by Crippen LogP contribution is 2.84. The van der Waals surface area contributed by atoms with Crippen LogP contribution in [0.2, 0.25) is 0 Å². The second-order valence-corrected chi connectivity index (χ2v) is 28.6. The van der Waals surface area contributed by atoms with Gasteiger partial charge in [-0.25, -0.2) is 4.99 Å². The average Bonchev–Trinajstić information content (AvgIpc) is 1.50. The van der Waals surface area contributed by atoms with Crippen LogP contribution in [0.4, 0.5) is 11.4 Å². The van der Waals surface area contributed by atoms with Crippen molar-refractivity contribution in [3.05, 3.63) is 59.3 Å². The van der Waals surface area contributed by atoms with E-state index in [0.29, 0.717) is 139 Å². The molecule has 0 aromatic heterocycles. The summed E-state index contributed by atoms with van der Waals surface area (Å²) >= 11 is 0. The Kier molecular flexibility index (Phi) is 27.8. The van der Waals surface area contributed by atoms with E-state index in [1.54, 1.807) is 20.3 Å². The number of nitrogens with zero attached hydrogens (tertiary/aromatic N) is 5. The fourth-order valence-corrected chi connectivity index (χ4v) is 14.2. The zero-order valence-electron chi connectivity index (χ0n) is 58.0. The van der Waals surface area contributed by atoms with Crippen molar-refractivity contribution in [2.45, 2.75) is 125 Å². The lowest BCUT2D eigenvalue weighted by Gasteiger charge is -2.77. The van der Waals surface area contributed by atoms with E-state index in [0.717, 1.165) is 30.5 Å². The number of nitrogens with two attached hydrogens (primary N) is 1. The zero-order chi connectivity index (χ0) is 67.6. The molecule has 520 valence electrons. The van der Waals surface area contributed by atoms with E-state index >= 15 is 0 Å². The van der Waals surface area contributed by atoms with Gasteiger partial charge in [0.15, 0.2) is 6.29 Å². The quantitative estimate of drug-likeness (QED) is 0.0130. The third-order valence-electron chi connectivity index (χ3n) is 18.5. The van der Waals surface area contributed by atoms with Crippen molar-refractivity contribution in [1.29, 1.82) is 0 Å². The Morgan fingerprint density at radius 1 is 0.677 bits per heavy atom. The number of nitrogens with one attached hydrogen (secondary N) is 3. The van der Waals surface area contributed by atoms with Crippen molar-refractivity contribution in [1.82, 2.24) is 30.2 Å². The minimum Gasteiger partial charge on any atom is -0.496 e. The van der Waals surface area contributed by atoms with Crippen molar-refractivity contribution in [2.24, 2.45) is 57.6 Å². The summed E-state index contributed by atoms with van der Waals surface area (Å²) in [6, 6.07) is 11.4. The Hall–Kier alpha value is -5.92. The van der Waals surface area contributed by atoms with Crippen LogP contribution in [0.25, 0.3) is 0 Å². The molecular weight excluding hydrogens is 1190 g/mol. The van der Waals surface area contributed by atoms with E-state index in [1.807, 2.05) is 112 Å². The molecule has 23 heteroatoms. The van der Waals surface area contributed by atoms with Crippen LogP contribution < -0.4 is 31.2 Å². The van der Waals surface area contributed by atoms with Gasteiger partial charge in [0.1, 0.15) is 11.5 Å². The minimum absolute atomic E-state index is 0.0430. The predicted molar refractivity (Wildman–Crippen MR) is 357 cm³/mol. The number of aliphatic imine (C=N–C) groups is 1. The van der Waals surface area contributed by atoms with Crippen LogP contribution in [0, 0.1) is 46.8 Å². The molecule has 2 amide bonds. The molecule has 4 aliphatic carbocycles. The largest absolute Gasteiger partial charge is 0.496 e. The molecule has 7 atom stereocenters. The summed E-state index contributed by atoms with van der Waals surface area (Å²) in [5.41, 5.74) is 8.66. The Morgan fingerprint density at radius 3 is 1.65 bits per heavy atom. The van der Waals surface area contributed by atoms with E-state index in [9.17, 15) is 29.1 Å². The highest BCUT2D eigenvalue weighted by molar-refractivity contribution is 6.16. The number of esters is 3. The first kappa shape index (κ1) is 74.5. The first-order valence-electron chi connectivity index (χ1n) is 33.9. The molecule has 93 heavy (non-hydrogen) atoms. The van der Waals surface area contributed by atoms with Crippen molar-refractivity contribution in [2.75, 3.05) is 157 Å². The lowest BCUT2D eigenvalue weighted by molar-refractivity contribution is -0.336. The third kappa shape index (κ3) is 20.6. The van der Waals surface area contributed by atoms with Crippen LogP contribution in [-0.2, 0) is 52.4 Å². The maximum atomic E-state index is 14.6. The molecule has 5 aliphatic rings. The van der Waals surface area contributed by atoms with Gasteiger partial charge < -0.3 is 64.7 Å². The lowest BCUT2D eigenvalue weighted by atomic mass is 9.31. The number of amides is 2. The van der Waals surface area contributed by atoms with Crippen LogP contribution in [0.3, 0.4) is 0 Å². The first-order valence-corrected chi connectivity index (χ1v) is 33.9. The van der Waals surface area contributed by atoms with E-state index in [2.05, 4.69) is 35.9 Å². The molecule has 1 saturated heterocycles. The van der Waals surface area contributed by atoms with Crippen LogP contribution >= 0.6 is 0 Å². The molecule has 2 aromatic rings. The Morgan fingerprint density at radius 2 is 1.17 bits per heavy atom. The topological polar surface area (TPSA) is 267 Å². The number of methoxy groups -OCH3 is 2. The minimum atomic E-state index is -1.21. The molecular formula is C70H111N9O14. The molecule has 2 bridgehead atoms. The zero-order valence-corrected chi connectivity index (χ0v) is 58.0. The number of aliphatic hydroxyl groups excluding tert-OH is 1. The van der Waals surface area contributed by atoms with Gasteiger partial charge in [0.05, 0.1) is 120 Å². The molecule has 2 aromatic carbocycles. The monoisotopic (exact) mass is 1300 g/mol. The fraction of sp³-hybridized carbons (Fsp3) is 0.714. The number of ether oxygens (including phenoxy) is 8. The number of carbonyl (C=O) groups excluding carboxylic acids is 5. The Labute approximate surface area is 552 Å². The number of aliphatic hydroxyl groups is 1. The van der Waals surface area contributed by atoms with Gasteiger partial charge in [0.2, 0.25) is 5.91 Å². The number of anilines is 1. The van der Waals surface area contributed by atoms with Gasteiger partial charge in [-0.3, -0.25) is 43.6 Å². The van der Waals surface area contributed by atoms with Crippen molar-refractivity contribution in [3.8, 4) is 11.5 Å². The number of fused-ring (bicyclic) bond motifs is 1. The van der Waals surface area contributed by atoms with Crippen molar-refractivity contribution < 1.29 is 67.0 Å². The summed E-state index contributed by atoms with van der Waals surface area (Å²) in [6.07, 6.45) is 4.63. The number of benzene rings is 2. The maximum absolute atomic E-state index is 14.6. The molecule has 1 spiro atoms. The number of carbonyl (C=O) groups is 5. The normalized spacial score (nSPS) is 23.5. The summed E-state index contributed by atoms with van der Waals surface area (Å²) in [4.78, 5) is 80.3. The molecule has 0 radical (unpaired) electrons. The van der Waals surface area contributed by atoms with Gasteiger partial charge in [0.25, 0.3) is 5.91 Å². The molecule has 4 saturated carbocycles. The Bertz CT molecular complexity index is 2800. The molecule has 23 nitrogen and oxygen atoms in total. The lowest BCUT2D eigenvalue weighted by Crippen LogP contribution is -2.85. The summed E-state index contributed by atoms with van der Waals surface area (Å²) in [5.74, 6) is 1.31. The van der Waals surface area contributed by atoms with Gasteiger partial charge in [-0.1, -0.05) is 61.5 Å². The van der Waals surface area contributed by atoms with Crippen molar-refractivity contribution >= 4 is 46.8 Å². The van der Waals surface area contributed by atoms with E-state index < -0.39 is 23.3 Å². The smallest absolute Gasteiger partial charge is 0.320 e. The molecule has 1 aliphatic heterocycles. The number of hydrogen-bond acceptors (Lipinski definition) is 21. The van der Waals surface area contributed by atoms with E-state index in [1.165, 1.54) is 6.42 Å². The highest BCUT2D eigenvalue weighted by Gasteiger charge is 2.85. The van der Waals surface area contributed by atoms with Gasteiger partial charge in [-0.05, 0) is 141 Å². The van der Waals surface area contributed by atoms with Crippen LogP contribution in [-0.4, -0.2) is 230 Å². The Balaban J connectivity index is 0.913. The maximum Gasteiger partial charge on any atom is 0.320 e. The molecule has 7 unspecified atom stereocenters. The predicted octanol–water partition coefficient (Wildman–Crippen LogP) is 6.23. The number of allylic oxidation sites excluding steroid dienone is 1. The summed E-state index contributed by atoms with van der Waals surface area (Å²) in [6.45, 7) is 28.9. The van der Waals surface area contributed by atoms with Gasteiger partial charge in [0, 0.05) is 71.1 Å². The van der Waals surface area contributed by atoms with Gasteiger partial charge in [-0.15, -0.1) is 0 Å². The average molecular weight is 1300 g/mol. The number of rotatable bonds is 34. The standard InChI is InChI=1S/C70H111N9O14/c1-46(2)43-90-62(81)40-77-23-21-76(22-24-78(41-63(82)91-44-47(3)4)26-28-79(27-25-77)42-64(83)92-45-48(5)6)39-61(80)73-20-30-89-32-31-88-29-19-72-52-17-18-55(53(36-52)49(7)8)74-56(65-57(86-12)15-14-16-58(65)87-13)37-54(71)66(84)75-70(67(85)93-68(9,10)11)59-34-50-33-51-35-60(70)69(51,59)38-50/h14-18,36-37,46-51,59-60,67,72,85H,19-35,38-45,71H2,1-13H3,(H,73,80)(H,75,84). The van der Waals surface area contributed by atoms with Gasteiger partial charge >= 0.3 is 17.9 Å². The number of hydrogen-bond donors (Lipinski definition) is 5. The third-order valence-corrected chi connectivity index (χ3v) is 18.5. The molecule has 6 N–H and O–H groups in total. The van der Waals surface area contributed by atoms with Crippen LogP contribution in [0.15, 0.2) is 53.2 Å². The fourth-order valence-electron chi connectivity index (χ4n) is 14.2. The van der Waals surface area contributed by atoms with Crippen LogP contribution in [0.1, 0.15) is 119 Å². The second-order valence-electron chi connectivity index (χ2n) is 28.6. The SMILES string of the molecule is COc1cccc(OC)c1C(C=C(N)C(=O)NC1(C(O)OC(C)(C)C)C2CC3CC4CC1C42C3)=Nc1ccc(NCCOCCOCCNC(=O)CN2CCN(CC(=O)OCC(C)C)CCN(CC(=O)OCC(C)C)CCN(CC(=O)OCC(C)C)CC2)cc1C(C)C. The van der Waals surface area contributed by atoms with Crippen molar-refractivity contribution in [3.63, 3.8) is 0 Å². The first-order chi connectivity index (χ1) is 44.2. The van der Waals surface area contributed by atoms with E-state index in [4.69, 9.17) is 48.6 Å². The second kappa shape index (κ2) is 34.7. The summed E-state index contributed by atoms with van der Waals surface area (Å²) < 4.78 is 46.4. The van der Waals surface area contributed by atoms with Crippen LogP contribution in [0.5, 0.6) is 11.5 Å². The molecule has 7 rings (SSSR count). The summed E-state index contributed by atoms with van der Waals surface area (Å²) in [7, 11) is 3.14. The van der Waals surface area contributed by atoms with E-state index in [-0.39, 0.29) is 110 Å². The molecule has 1 heterocycles. The summed E-state index contributed by atoms with van der Waals surface area (Å²) in [5, 5.41) is 21.7.